The molecule has 0 atom stereocenters. The summed E-state index contributed by atoms with van der Waals surface area (Å²) in [5.41, 5.74) is 2.53. The molecule has 4 nitrogen and oxygen atoms in total. The van der Waals surface area contributed by atoms with Crippen molar-refractivity contribution >= 4 is 11.6 Å². The molecule has 0 radical (unpaired) electrons. The maximum Gasteiger partial charge on any atom is 0.269 e. The molecule has 0 aliphatic carbocycles. The second kappa shape index (κ2) is 7.43. The normalized spacial score (nSPS) is 10.4. The zero-order valence-corrected chi connectivity index (χ0v) is 12.5. The standard InChI is InChI=1S/C17H21N3O/c1-13(2)11-20-17(21)16-10-15(8-9-18-16)19-12-14-6-4-3-5-7-14/h3-10,13H,11-12H2,1-2H3,(H,18,19)(H,20,21). The minimum absolute atomic E-state index is 0.132. The number of benzene rings is 1. The Bertz CT molecular complexity index is 582. The monoisotopic (exact) mass is 283 g/mol. The first-order chi connectivity index (χ1) is 10.1. The summed E-state index contributed by atoms with van der Waals surface area (Å²) in [6.45, 7) is 5.50. The van der Waals surface area contributed by atoms with Crippen molar-refractivity contribution in [2.24, 2.45) is 5.92 Å². The molecule has 4 heteroatoms. The zero-order chi connectivity index (χ0) is 15.1. The highest BCUT2D eigenvalue weighted by Gasteiger charge is 2.08. The van der Waals surface area contributed by atoms with Crippen LogP contribution in [0.3, 0.4) is 0 Å². The number of anilines is 1. The third kappa shape index (κ3) is 4.91. The van der Waals surface area contributed by atoms with Gasteiger partial charge in [-0.1, -0.05) is 44.2 Å². The van der Waals surface area contributed by atoms with Gasteiger partial charge >= 0.3 is 0 Å². The lowest BCUT2D eigenvalue weighted by Gasteiger charge is -2.09. The van der Waals surface area contributed by atoms with Gasteiger partial charge in [0.25, 0.3) is 5.91 Å². The Kier molecular flexibility index (Phi) is 5.32. The summed E-state index contributed by atoms with van der Waals surface area (Å²) in [6.07, 6.45) is 1.65. The van der Waals surface area contributed by atoms with Crippen molar-refractivity contribution in [2.45, 2.75) is 20.4 Å². The number of pyridine rings is 1. The first-order valence-corrected chi connectivity index (χ1v) is 7.17. The molecule has 0 aliphatic heterocycles. The van der Waals surface area contributed by atoms with E-state index < -0.39 is 0 Å². The number of nitrogens with zero attached hydrogens (tertiary/aromatic N) is 1. The van der Waals surface area contributed by atoms with Crippen LogP contribution in [0.1, 0.15) is 29.9 Å². The third-order valence-electron chi connectivity index (χ3n) is 3.00. The zero-order valence-electron chi connectivity index (χ0n) is 12.5. The average Bonchev–Trinajstić information content (AvgIpc) is 2.52. The van der Waals surface area contributed by atoms with E-state index in [1.807, 2.05) is 24.3 Å². The van der Waals surface area contributed by atoms with E-state index >= 15 is 0 Å². The molecular weight excluding hydrogens is 262 g/mol. The predicted molar refractivity (Wildman–Crippen MR) is 85.2 cm³/mol. The van der Waals surface area contributed by atoms with E-state index in [9.17, 15) is 4.79 Å². The molecule has 1 amide bonds. The number of hydrogen-bond acceptors (Lipinski definition) is 3. The molecule has 0 fully saturated rings. The van der Waals surface area contributed by atoms with Crippen LogP contribution in [0.4, 0.5) is 5.69 Å². The summed E-state index contributed by atoms with van der Waals surface area (Å²) in [5, 5.41) is 6.17. The van der Waals surface area contributed by atoms with Gasteiger partial charge < -0.3 is 10.6 Å². The van der Waals surface area contributed by atoms with Gasteiger partial charge in [-0.05, 0) is 23.6 Å². The van der Waals surface area contributed by atoms with Crippen LogP contribution >= 0.6 is 0 Å². The number of nitrogens with one attached hydrogen (secondary N) is 2. The maximum atomic E-state index is 12.0. The fourth-order valence-electron chi connectivity index (χ4n) is 1.85. The van der Waals surface area contributed by atoms with Gasteiger partial charge in [-0.15, -0.1) is 0 Å². The van der Waals surface area contributed by atoms with Gasteiger partial charge in [0.1, 0.15) is 5.69 Å². The largest absolute Gasteiger partial charge is 0.381 e. The van der Waals surface area contributed by atoms with Crippen molar-refractivity contribution in [1.82, 2.24) is 10.3 Å². The van der Waals surface area contributed by atoms with E-state index in [0.717, 1.165) is 12.2 Å². The summed E-state index contributed by atoms with van der Waals surface area (Å²) >= 11 is 0. The van der Waals surface area contributed by atoms with Crippen LogP contribution in [-0.4, -0.2) is 17.4 Å². The number of carbonyl (C=O) groups excluding carboxylic acids is 1. The van der Waals surface area contributed by atoms with Crippen LogP contribution in [0.2, 0.25) is 0 Å². The van der Waals surface area contributed by atoms with Crippen LogP contribution in [0, 0.1) is 5.92 Å². The topological polar surface area (TPSA) is 54.0 Å². The third-order valence-corrected chi connectivity index (χ3v) is 3.00. The molecule has 1 heterocycles. The molecule has 2 N–H and O–H groups in total. The molecule has 110 valence electrons. The van der Waals surface area contributed by atoms with Crippen LogP contribution < -0.4 is 10.6 Å². The van der Waals surface area contributed by atoms with Crippen LogP contribution in [0.15, 0.2) is 48.7 Å². The number of amides is 1. The van der Waals surface area contributed by atoms with E-state index in [1.54, 1.807) is 12.3 Å². The van der Waals surface area contributed by atoms with Gasteiger partial charge in [0.05, 0.1) is 0 Å². The Morgan fingerprint density at radius 3 is 2.67 bits per heavy atom. The Hall–Kier alpha value is -2.36. The molecule has 0 saturated carbocycles. The smallest absolute Gasteiger partial charge is 0.269 e. The fraction of sp³-hybridized carbons (Fsp3) is 0.294. The molecule has 0 bridgehead atoms. The lowest BCUT2D eigenvalue weighted by atomic mass is 10.2. The number of hydrogen-bond donors (Lipinski definition) is 2. The van der Waals surface area contributed by atoms with E-state index in [2.05, 4.69) is 41.6 Å². The minimum atomic E-state index is -0.132. The SMILES string of the molecule is CC(C)CNC(=O)c1cc(NCc2ccccc2)ccn1. The molecule has 2 aromatic rings. The highest BCUT2D eigenvalue weighted by atomic mass is 16.1. The average molecular weight is 283 g/mol. The molecule has 21 heavy (non-hydrogen) atoms. The van der Waals surface area contributed by atoms with E-state index in [1.165, 1.54) is 5.56 Å². The molecule has 0 saturated heterocycles. The van der Waals surface area contributed by atoms with Gasteiger partial charge in [-0.2, -0.15) is 0 Å². The van der Waals surface area contributed by atoms with Gasteiger partial charge in [0.15, 0.2) is 0 Å². The van der Waals surface area contributed by atoms with Crippen molar-refractivity contribution in [3.05, 3.63) is 59.9 Å². The second-order valence-corrected chi connectivity index (χ2v) is 5.37. The van der Waals surface area contributed by atoms with Crippen molar-refractivity contribution in [2.75, 3.05) is 11.9 Å². The lowest BCUT2D eigenvalue weighted by molar-refractivity contribution is 0.0944. The summed E-state index contributed by atoms with van der Waals surface area (Å²) in [7, 11) is 0. The van der Waals surface area contributed by atoms with Crippen LogP contribution in [0.25, 0.3) is 0 Å². The predicted octanol–water partition coefficient (Wildman–Crippen LogP) is 3.08. The number of rotatable bonds is 6. The van der Waals surface area contributed by atoms with Gasteiger partial charge in [-0.25, -0.2) is 0 Å². The van der Waals surface area contributed by atoms with E-state index in [4.69, 9.17) is 0 Å². The van der Waals surface area contributed by atoms with Crippen LogP contribution in [0.5, 0.6) is 0 Å². The Balaban J connectivity index is 1.96. The first-order valence-electron chi connectivity index (χ1n) is 7.17. The highest BCUT2D eigenvalue weighted by molar-refractivity contribution is 5.93. The quantitative estimate of drug-likeness (QED) is 0.856. The van der Waals surface area contributed by atoms with E-state index in [0.29, 0.717) is 18.2 Å². The second-order valence-electron chi connectivity index (χ2n) is 5.37. The first kappa shape index (κ1) is 15.0. The summed E-state index contributed by atoms with van der Waals surface area (Å²) in [6, 6.07) is 13.8. The maximum absolute atomic E-state index is 12.0. The molecule has 2 rings (SSSR count). The Morgan fingerprint density at radius 1 is 1.19 bits per heavy atom. The molecule has 1 aromatic carbocycles. The summed E-state index contributed by atoms with van der Waals surface area (Å²) in [5.74, 6) is 0.292. The molecular formula is C17H21N3O. The molecule has 0 unspecified atom stereocenters. The summed E-state index contributed by atoms with van der Waals surface area (Å²) < 4.78 is 0. The van der Waals surface area contributed by atoms with Crippen molar-refractivity contribution in [3.8, 4) is 0 Å². The molecule has 1 aromatic heterocycles. The van der Waals surface area contributed by atoms with Crippen molar-refractivity contribution < 1.29 is 4.79 Å². The van der Waals surface area contributed by atoms with Gasteiger partial charge in [0.2, 0.25) is 0 Å². The van der Waals surface area contributed by atoms with E-state index in [-0.39, 0.29) is 5.91 Å². The van der Waals surface area contributed by atoms with Gasteiger partial charge in [-0.3, -0.25) is 9.78 Å². The Labute approximate surface area is 125 Å². The minimum Gasteiger partial charge on any atom is -0.381 e. The van der Waals surface area contributed by atoms with Gasteiger partial charge in [0, 0.05) is 25.0 Å². The molecule has 0 spiro atoms. The molecule has 0 aliphatic rings. The number of aromatic nitrogens is 1. The fourth-order valence-corrected chi connectivity index (χ4v) is 1.85. The highest BCUT2D eigenvalue weighted by Crippen LogP contribution is 2.10. The number of carbonyl (C=O) groups is 1. The van der Waals surface area contributed by atoms with Crippen molar-refractivity contribution in [3.63, 3.8) is 0 Å². The summed E-state index contributed by atoms with van der Waals surface area (Å²) in [4.78, 5) is 16.1. The van der Waals surface area contributed by atoms with Crippen LogP contribution in [-0.2, 0) is 6.54 Å². The lowest BCUT2D eigenvalue weighted by Crippen LogP contribution is -2.28. The van der Waals surface area contributed by atoms with Crippen molar-refractivity contribution in [1.29, 1.82) is 0 Å². The Morgan fingerprint density at radius 2 is 1.95 bits per heavy atom.